The van der Waals surface area contributed by atoms with Gasteiger partial charge in [0.05, 0.1) is 27.3 Å². The zero-order valence-electron chi connectivity index (χ0n) is 18.5. The monoisotopic (exact) mass is 551 g/mol. The molecule has 0 bridgehead atoms. The highest BCUT2D eigenvalue weighted by molar-refractivity contribution is 14.0. The van der Waals surface area contributed by atoms with E-state index in [4.69, 9.17) is 9.47 Å². The molecule has 1 heterocycles. The number of rotatable bonds is 9. The second-order valence-electron chi connectivity index (χ2n) is 6.87. The van der Waals surface area contributed by atoms with E-state index in [-0.39, 0.29) is 29.7 Å². The molecule has 3 rings (SSSR count). The van der Waals surface area contributed by atoms with E-state index in [1.165, 1.54) is 25.3 Å². The zero-order chi connectivity index (χ0) is 22.1. The highest BCUT2D eigenvalue weighted by Crippen LogP contribution is 2.37. The molecule has 2 aromatic carbocycles. The molecule has 0 aliphatic heterocycles. The van der Waals surface area contributed by atoms with Gasteiger partial charge in [0.25, 0.3) is 0 Å². The Morgan fingerprint density at radius 3 is 2.34 bits per heavy atom. The third-order valence-electron chi connectivity index (χ3n) is 4.76. The van der Waals surface area contributed by atoms with Gasteiger partial charge in [0.15, 0.2) is 17.5 Å². The highest BCUT2D eigenvalue weighted by Gasteiger charge is 2.11. The first-order chi connectivity index (χ1) is 15.1. The lowest BCUT2D eigenvalue weighted by Crippen LogP contribution is -2.37. The number of ether oxygens (including phenoxy) is 2. The van der Waals surface area contributed by atoms with Gasteiger partial charge in [0.2, 0.25) is 5.75 Å². The maximum Gasteiger partial charge on any atom is 0.200 e. The van der Waals surface area contributed by atoms with Gasteiger partial charge >= 0.3 is 0 Å². The number of aromatic hydroxyl groups is 1. The predicted molar refractivity (Wildman–Crippen MR) is 136 cm³/mol. The Bertz CT molecular complexity index is 984. The van der Waals surface area contributed by atoms with Crippen LogP contribution in [0.5, 0.6) is 17.2 Å². The van der Waals surface area contributed by atoms with Crippen molar-refractivity contribution in [2.45, 2.75) is 26.6 Å². The second kappa shape index (κ2) is 12.8. The van der Waals surface area contributed by atoms with Crippen LogP contribution in [0.2, 0.25) is 0 Å². The minimum Gasteiger partial charge on any atom is -0.502 e. The van der Waals surface area contributed by atoms with Crippen molar-refractivity contribution in [3.8, 4) is 17.2 Å². The molecule has 3 N–H and O–H groups in total. The van der Waals surface area contributed by atoms with E-state index in [9.17, 15) is 5.11 Å². The maximum atomic E-state index is 10.1. The molecular weight excluding hydrogens is 521 g/mol. The van der Waals surface area contributed by atoms with Crippen LogP contribution in [0.15, 0.2) is 59.9 Å². The number of aromatic nitrogens is 2. The molecular formula is C23H30IN5O3. The lowest BCUT2D eigenvalue weighted by atomic mass is 10.1. The molecule has 0 aliphatic carbocycles. The fourth-order valence-corrected chi connectivity index (χ4v) is 3.18. The number of halogens is 1. The van der Waals surface area contributed by atoms with E-state index >= 15 is 0 Å². The van der Waals surface area contributed by atoms with Crippen molar-refractivity contribution in [3.05, 3.63) is 71.5 Å². The first kappa shape index (κ1) is 25.3. The highest BCUT2D eigenvalue weighted by atomic mass is 127. The minimum absolute atomic E-state index is 0. The summed E-state index contributed by atoms with van der Waals surface area (Å²) in [7, 11) is 3.02. The SMILES string of the molecule is CCNC(=NCc1cc(OC)c(O)c(OC)c1)NCc1ccccc1Cn1cccn1.I. The van der Waals surface area contributed by atoms with Crippen LogP contribution in [-0.2, 0) is 19.6 Å². The zero-order valence-corrected chi connectivity index (χ0v) is 20.9. The van der Waals surface area contributed by atoms with E-state index in [1.807, 2.05) is 36.0 Å². The van der Waals surface area contributed by atoms with E-state index < -0.39 is 0 Å². The summed E-state index contributed by atoms with van der Waals surface area (Å²) in [6.07, 6.45) is 3.74. The number of benzene rings is 2. The van der Waals surface area contributed by atoms with Crippen molar-refractivity contribution in [1.29, 1.82) is 0 Å². The molecule has 0 unspecified atom stereocenters. The van der Waals surface area contributed by atoms with Crippen molar-refractivity contribution < 1.29 is 14.6 Å². The molecule has 8 nitrogen and oxygen atoms in total. The molecule has 0 spiro atoms. The normalized spacial score (nSPS) is 10.9. The number of hydrogen-bond acceptors (Lipinski definition) is 5. The van der Waals surface area contributed by atoms with Gasteiger partial charge in [-0.15, -0.1) is 24.0 Å². The molecule has 9 heteroatoms. The summed E-state index contributed by atoms with van der Waals surface area (Å²) >= 11 is 0. The van der Waals surface area contributed by atoms with Crippen LogP contribution in [0.4, 0.5) is 0 Å². The number of guanidine groups is 1. The number of nitrogens with one attached hydrogen (secondary N) is 2. The number of methoxy groups -OCH3 is 2. The van der Waals surface area contributed by atoms with Gasteiger partial charge in [-0.3, -0.25) is 4.68 Å². The summed E-state index contributed by atoms with van der Waals surface area (Å²) in [5, 5.41) is 21.0. The van der Waals surface area contributed by atoms with Crippen molar-refractivity contribution in [2.75, 3.05) is 20.8 Å². The van der Waals surface area contributed by atoms with Gasteiger partial charge in [-0.25, -0.2) is 4.99 Å². The van der Waals surface area contributed by atoms with Gasteiger partial charge in [0, 0.05) is 25.5 Å². The van der Waals surface area contributed by atoms with E-state index in [0.717, 1.165) is 12.1 Å². The van der Waals surface area contributed by atoms with Gasteiger partial charge in [-0.05, 0) is 41.8 Å². The summed E-state index contributed by atoms with van der Waals surface area (Å²) in [6, 6.07) is 13.7. The Morgan fingerprint density at radius 2 is 1.75 bits per heavy atom. The molecule has 0 amide bonds. The lowest BCUT2D eigenvalue weighted by molar-refractivity contribution is 0.339. The molecule has 3 aromatic rings. The fraction of sp³-hybridized carbons (Fsp3) is 0.304. The van der Waals surface area contributed by atoms with Crippen LogP contribution in [0.3, 0.4) is 0 Å². The molecule has 0 atom stereocenters. The Hall–Kier alpha value is -2.95. The maximum absolute atomic E-state index is 10.1. The molecule has 1 aromatic heterocycles. The average Bonchev–Trinajstić information content (AvgIpc) is 3.30. The van der Waals surface area contributed by atoms with Gasteiger partial charge in [-0.2, -0.15) is 5.10 Å². The van der Waals surface area contributed by atoms with Gasteiger partial charge in [-0.1, -0.05) is 24.3 Å². The summed E-state index contributed by atoms with van der Waals surface area (Å²) in [4.78, 5) is 4.67. The van der Waals surface area contributed by atoms with Gasteiger partial charge < -0.3 is 25.2 Å². The van der Waals surface area contributed by atoms with Crippen molar-refractivity contribution >= 4 is 29.9 Å². The Morgan fingerprint density at radius 1 is 1.06 bits per heavy atom. The van der Waals surface area contributed by atoms with Crippen LogP contribution in [0, 0.1) is 0 Å². The number of phenolic OH excluding ortho intramolecular Hbond substituents is 1. The summed E-state index contributed by atoms with van der Waals surface area (Å²) in [5.41, 5.74) is 3.24. The Labute approximate surface area is 205 Å². The van der Waals surface area contributed by atoms with Crippen LogP contribution >= 0.6 is 24.0 Å². The minimum atomic E-state index is -0.0171. The molecule has 0 radical (unpaired) electrons. The molecule has 0 aliphatic rings. The molecule has 32 heavy (non-hydrogen) atoms. The molecule has 0 saturated heterocycles. The van der Waals surface area contributed by atoms with Crippen LogP contribution in [0.1, 0.15) is 23.6 Å². The Balaban J connectivity index is 0.00000363. The lowest BCUT2D eigenvalue weighted by Gasteiger charge is -2.15. The second-order valence-corrected chi connectivity index (χ2v) is 6.87. The quantitative estimate of drug-likeness (QED) is 0.214. The van der Waals surface area contributed by atoms with Crippen LogP contribution < -0.4 is 20.1 Å². The van der Waals surface area contributed by atoms with Crippen molar-refractivity contribution in [3.63, 3.8) is 0 Å². The number of nitrogens with zero attached hydrogens (tertiary/aromatic N) is 3. The smallest absolute Gasteiger partial charge is 0.200 e. The van der Waals surface area contributed by atoms with E-state index in [1.54, 1.807) is 18.3 Å². The summed E-state index contributed by atoms with van der Waals surface area (Å²) in [5.74, 6) is 1.39. The van der Waals surface area contributed by atoms with Crippen molar-refractivity contribution in [1.82, 2.24) is 20.4 Å². The number of aliphatic imine (C=N–C) groups is 1. The Kier molecular flexibility index (Phi) is 10.1. The van der Waals surface area contributed by atoms with E-state index in [2.05, 4.69) is 32.9 Å². The standard InChI is InChI=1S/C23H29N5O3.HI/c1-4-24-23(25-14-17-12-20(30-2)22(29)21(13-17)31-3)26-15-18-8-5-6-9-19(18)16-28-11-7-10-27-28;/h5-13,29H,4,14-16H2,1-3H3,(H2,24,25,26);1H. The summed E-state index contributed by atoms with van der Waals surface area (Å²) in [6.45, 7) is 4.51. The van der Waals surface area contributed by atoms with E-state index in [0.29, 0.717) is 37.1 Å². The predicted octanol–water partition coefficient (Wildman–Crippen LogP) is 3.53. The molecule has 0 fully saturated rings. The topological polar surface area (TPSA) is 92.9 Å². The fourth-order valence-electron chi connectivity index (χ4n) is 3.18. The summed E-state index contributed by atoms with van der Waals surface area (Å²) < 4.78 is 12.4. The number of hydrogen-bond donors (Lipinski definition) is 3. The molecule has 172 valence electrons. The first-order valence-corrected chi connectivity index (χ1v) is 10.1. The third-order valence-corrected chi connectivity index (χ3v) is 4.76. The molecule has 0 saturated carbocycles. The van der Waals surface area contributed by atoms with Crippen LogP contribution in [0.25, 0.3) is 0 Å². The number of phenols is 1. The van der Waals surface area contributed by atoms with Crippen molar-refractivity contribution in [2.24, 2.45) is 4.99 Å². The average molecular weight is 551 g/mol. The van der Waals surface area contributed by atoms with Crippen LogP contribution in [-0.4, -0.2) is 41.6 Å². The van der Waals surface area contributed by atoms with Gasteiger partial charge in [0.1, 0.15) is 0 Å². The largest absolute Gasteiger partial charge is 0.502 e. The first-order valence-electron chi connectivity index (χ1n) is 10.1. The third kappa shape index (κ3) is 6.78.